The Hall–Kier alpha value is -1.56. The summed E-state index contributed by atoms with van der Waals surface area (Å²) in [4.78, 5) is 11.4. The average molecular weight is 409 g/mol. The van der Waals surface area contributed by atoms with Crippen molar-refractivity contribution in [1.29, 1.82) is 0 Å². The molecule has 22 heavy (non-hydrogen) atoms. The van der Waals surface area contributed by atoms with E-state index in [0.29, 0.717) is 11.0 Å². The maximum Gasteiger partial charge on any atom is 0.229 e. The SMILES string of the molecule is C=CCc1c(OC)ccc2cccc(CCNC(=O)CI)c12. The van der Waals surface area contributed by atoms with Gasteiger partial charge in [-0.2, -0.15) is 0 Å². The second-order valence-electron chi connectivity index (χ2n) is 4.99. The molecule has 0 bridgehead atoms. The first-order chi connectivity index (χ1) is 10.7. The molecule has 2 aromatic rings. The van der Waals surface area contributed by atoms with E-state index in [1.165, 1.54) is 16.3 Å². The number of halogens is 1. The zero-order chi connectivity index (χ0) is 15.9. The van der Waals surface area contributed by atoms with Crippen molar-refractivity contribution in [2.75, 3.05) is 18.1 Å². The van der Waals surface area contributed by atoms with E-state index in [1.54, 1.807) is 7.11 Å². The molecule has 3 nitrogen and oxygen atoms in total. The highest BCUT2D eigenvalue weighted by Gasteiger charge is 2.11. The van der Waals surface area contributed by atoms with Gasteiger partial charge in [0.25, 0.3) is 0 Å². The summed E-state index contributed by atoms with van der Waals surface area (Å²) in [5.74, 6) is 0.959. The van der Waals surface area contributed by atoms with Crippen molar-refractivity contribution in [3.05, 3.63) is 54.1 Å². The zero-order valence-corrected chi connectivity index (χ0v) is 14.9. The van der Waals surface area contributed by atoms with Crippen molar-refractivity contribution in [1.82, 2.24) is 5.32 Å². The van der Waals surface area contributed by atoms with Gasteiger partial charge in [-0.25, -0.2) is 0 Å². The Morgan fingerprint density at radius 2 is 2.18 bits per heavy atom. The number of nitrogens with one attached hydrogen (secondary N) is 1. The number of methoxy groups -OCH3 is 1. The Morgan fingerprint density at radius 1 is 1.36 bits per heavy atom. The first kappa shape index (κ1) is 16.8. The molecule has 2 aromatic carbocycles. The fourth-order valence-corrected chi connectivity index (χ4v) is 2.92. The molecule has 0 fully saturated rings. The van der Waals surface area contributed by atoms with Crippen LogP contribution in [0.4, 0.5) is 0 Å². The first-order valence-corrected chi connectivity index (χ1v) is 8.74. The van der Waals surface area contributed by atoms with Gasteiger partial charge in [0.2, 0.25) is 5.91 Å². The van der Waals surface area contributed by atoms with Crippen LogP contribution < -0.4 is 10.1 Å². The van der Waals surface area contributed by atoms with Crippen LogP contribution in [0.15, 0.2) is 43.0 Å². The van der Waals surface area contributed by atoms with Crippen LogP contribution in [0.2, 0.25) is 0 Å². The Bertz CT molecular complexity index is 682. The summed E-state index contributed by atoms with van der Waals surface area (Å²) in [6, 6.07) is 10.4. The van der Waals surface area contributed by atoms with E-state index in [2.05, 4.69) is 58.8 Å². The number of benzene rings is 2. The van der Waals surface area contributed by atoms with Crippen molar-refractivity contribution in [3.63, 3.8) is 0 Å². The van der Waals surface area contributed by atoms with Gasteiger partial charge in [-0.1, -0.05) is 52.9 Å². The third kappa shape index (κ3) is 3.80. The molecule has 1 amide bonds. The molecule has 0 aliphatic carbocycles. The van der Waals surface area contributed by atoms with Gasteiger partial charge in [0, 0.05) is 12.1 Å². The predicted molar refractivity (Wildman–Crippen MR) is 100 cm³/mol. The highest BCUT2D eigenvalue weighted by molar-refractivity contribution is 14.1. The van der Waals surface area contributed by atoms with E-state index >= 15 is 0 Å². The van der Waals surface area contributed by atoms with Crippen LogP contribution in [0.1, 0.15) is 11.1 Å². The number of alkyl halides is 1. The summed E-state index contributed by atoms with van der Waals surface area (Å²) in [7, 11) is 1.69. The van der Waals surface area contributed by atoms with Crippen LogP contribution in [0.3, 0.4) is 0 Å². The monoisotopic (exact) mass is 409 g/mol. The van der Waals surface area contributed by atoms with Crippen molar-refractivity contribution in [2.24, 2.45) is 0 Å². The maximum absolute atomic E-state index is 11.4. The van der Waals surface area contributed by atoms with Crippen LogP contribution in [-0.4, -0.2) is 24.0 Å². The van der Waals surface area contributed by atoms with Gasteiger partial charge >= 0.3 is 0 Å². The van der Waals surface area contributed by atoms with Crippen molar-refractivity contribution in [2.45, 2.75) is 12.8 Å². The lowest BCUT2D eigenvalue weighted by Gasteiger charge is -2.14. The highest BCUT2D eigenvalue weighted by atomic mass is 127. The summed E-state index contributed by atoms with van der Waals surface area (Å²) in [5, 5.41) is 5.33. The van der Waals surface area contributed by atoms with Crippen LogP contribution in [-0.2, 0) is 17.6 Å². The molecule has 0 saturated heterocycles. The lowest BCUT2D eigenvalue weighted by Crippen LogP contribution is -2.26. The first-order valence-electron chi connectivity index (χ1n) is 7.22. The third-order valence-electron chi connectivity index (χ3n) is 3.60. The minimum absolute atomic E-state index is 0.0738. The van der Waals surface area contributed by atoms with Crippen LogP contribution in [0, 0.1) is 0 Å². The molecule has 0 aliphatic heterocycles. The van der Waals surface area contributed by atoms with Gasteiger partial charge in [-0.3, -0.25) is 4.79 Å². The number of amides is 1. The normalized spacial score (nSPS) is 10.5. The van der Waals surface area contributed by atoms with Crippen molar-refractivity contribution >= 4 is 39.3 Å². The number of fused-ring (bicyclic) bond motifs is 1. The number of rotatable bonds is 7. The molecule has 0 radical (unpaired) electrons. The molecule has 2 rings (SSSR count). The molecule has 4 heteroatoms. The smallest absolute Gasteiger partial charge is 0.229 e. The Kier molecular flexibility index (Phi) is 6.24. The standard InChI is InChI=1S/C18H20INO2/c1-3-5-15-16(22-2)9-8-13-6-4-7-14(18(13)15)10-11-20-17(21)12-19/h3-4,6-9H,1,5,10-12H2,2H3,(H,20,21). The number of allylic oxidation sites excluding steroid dienone is 1. The minimum Gasteiger partial charge on any atom is -0.496 e. The van der Waals surface area contributed by atoms with E-state index in [0.717, 1.165) is 24.2 Å². The summed E-state index contributed by atoms with van der Waals surface area (Å²) in [6.45, 7) is 4.50. The molecule has 0 aromatic heterocycles. The Balaban J connectivity index is 2.40. The quantitative estimate of drug-likeness (QED) is 0.431. The van der Waals surface area contributed by atoms with E-state index in [9.17, 15) is 4.79 Å². The molecular weight excluding hydrogens is 389 g/mol. The van der Waals surface area contributed by atoms with Gasteiger partial charge in [0.15, 0.2) is 0 Å². The summed E-state index contributed by atoms with van der Waals surface area (Å²) < 4.78 is 5.99. The second kappa shape index (κ2) is 8.17. The minimum atomic E-state index is 0.0738. The molecule has 0 atom stereocenters. The fourth-order valence-electron chi connectivity index (χ4n) is 2.65. The lowest BCUT2D eigenvalue weighted by atomic mass is 9.95. The largest absolute Gasteiger partial charge is 0.496 e. The topological polar surface area (TPSA) is 38.3 Å². The van der Waals surface area contributed by atoms with E-state index in [-0.39, 0.29) is 5.91 Å². The number of ether oxygens (including phenoxy) is 1. The second-order valence-corrected chi connectivity index (χ2v) is 5.75. The Labute approximate surface area is 144 Å². The molecular formula is C18H20INO2. The van der Waals surface area contributed by atoms with E-state index < -0.39 is 0 Å². The predicted octanol–water partition coefficient (Wildman–Crippen LogP) is 3.67. The van der Waals surface area contributed by atoms with E-state index in [1.807, 2.05) is 12.1 Å². The van der Waals surface area contributed by atoms with Crippen LogP contribution in [0.25, 0.3) is 10.8 Å². The van der Waals surface area contributed by atoms with Crippen molar-refractivity contribution in [3.8, 4) is 5.75 Å². The van der Waals surface area contributed by atoms with Crippen LogP contribution in [0.5, 0.6) is 5.75 Å². The number of hydrogen-bond donors (Lipinski definition) is 1. The number of carbonyl (C=O) groups is 1. The Morgan fingerprint density at radius 3 is 2.86 bits per heavy atom. The number of hydrogen-bond acceptors (Lipinski definition) is 2. The van der Waals surface area contributed by atoms with Gasteiger partial charge in [-0.15, -0.1) is 6.58 Å². The molecule has 116 valence electrons. The molecule has 0 heterocycles. The van der Waals surface area contributed by atoms with Gasteiger partial charge in [0.05, 0.1) is 11.5 Å². The summed E-state index contributed by atoms with van der Waals surface area (Å²) >= 11 is 2.07. The molecule has 0 unspecified atom stereocenters. The summed E-state index contributed by atoms with van der Waals surface area (Å²) in [5.41, 5.74) is 2.38. The molecule has 1 N–H and O–H groups in total. The lowest BCUT2D eigenvalue weighted by molar-refractivity contribution is -0.118. The summed E-state index contributed by atoms with van der Waals surface area (Å²) in [6.07, 6.45) is 3.46. The highest BCUT2D eigenvalue weighted by Crippen LogP contribution is 2.31. The van der Waals surface area contributed by atoms with Gasteiger partial charge in [-0.05, 0) is 35.2 Å². The fraction of sp³-hybridized carbons (Fsp3) is 0.278. The third-order valence-corrected chi connectivity index (χ3v) is 4.30. The van der Waals surface area contributed by atoms with Crippen LogP contribution >= 0.6 is 22.6 Å². The van der Waals surface area contributed by atoms with Gasteiger partial charge in [0.1, 0.15) is 5.75 Å². The molecule has 0 aliphatic rings. The maximum atomic E-state index is 11.4. The zero-order valence-electron chi connectivity index (χ0n) is 12.7. The molecule has 0 spiro atoms. The van der Waals surface area contributed by atoms with E-state index in [4.69, 9.17) is 4.74 Å². The average Bonchev–Trinajstić information content (AvgIpc) is 2.55. The number of carbonyl (C=O) groups excluding carboxylic acids is 1. The van der Waals surface area contributed by atoms with Crippen molar-refractivity contribution < 1.29 is 9.53 Å². The molecule has 0 saturated carbocycles. The van der Waals surface area contributed by atoms with Gasteiger partial charge < -0.3 is 10.1 Å².